The van der Waals surface area contributed by atoms with Crippen molar-refractivity contribution in [2.24, 2.45) is 0 Å². The lowest BCUT2D eigenvalue weighted by atomic mass is 10.0. The molecule has 3 aromatic rings. The Labute approximate surface area is 261 Å². The SMILES string of the molecule is CCOC(=O)N1CCN(C(=O)[C@H](Cc2ccc(C(=O)O)cc2)NC(=O)c2cc(OC3CCCC3)nc(-c3ccccc3)n2)CC1. The molecule has 236 valence electrons. The Bertz CT molecular complexity index is 1500. The van der Waals surface area contributed by atoms with E-state index in [0.717, 1.165) is 25.7 Å². The predicted molar refractivity (Wildman–Crippen MR) is 164 cm³/mol. The van der Waals surface area contributed by atoms with Gasteiger partial charge in [-0.3, -0.25) is 9.59 Å². The normalized spacial score (nSPS) is 15.8. The molecule has 1 atom stereocenters. The number of carboxylic acid groups (broad SMARTS) is 1. The zero-order valence-corrected chi connectivity index (χ0v) is 25.2. The van der Waals surface area contributed by atoms with Crippen LogP contribution in [-0.4, -0.2) is 93.7 Å². The predicted octanol–water partition coefficient (Wildman–Crippen LogP) is 3.81. The van der Waals surface area contributed by atoms with E-state index in [1.54, 1.807) is 28.9 Å². The topological polar surface area (TPSA) is 151 Å². The van der Waals surface area contributed by atoms with Crippen LogP contribution in [0.15, 0.2) is 60.7 Å². The number of ether oxygens (including phenoxy) is 2. The Morgan fingerprint density at radius 3 is 2.24 bits per heavy atom. The van der Waals surface area contributed by atoms with Gasteiger partial charge in [0.05, 0.1) is 12.2 Å². The highest BCUT2D eigenvalue weighted by molar-refractivity contribution is 5.97. The summed E-state index contributed by atoms with van der Waals surface area (Å²) in [5.74, 6) is -1.33. The summed E-state index contributed by atoms with van der Waals surface area (Å²) in [6.45, 7) is 3.13. The van der Waals surface area contributed by atoms with E-state index in [4.69, 9.17) is 9.47 Å². The maximum absolute atomic E-state index is 13.9. The second-order valence-corrected chi connectivity index (χ2v) is 11.0. The first-order valence-electron chi connectivity index (χ1n) is 15.3. The summed E-state index contributed by atoms with van der Waals surface area (Å²) < 4.78 is 11.2. The number of nitrogens with one attached hydrogen (secondary N) is 1. The average Bonchev–Trinajstić information content (AvgIpc) is 3.58. The highest BCUT2D eigenvalue weighted by atomic mass is 16.6. The molecule has 45 heavy (non-hydrogen) atoms. The van der Waals surface area contributed by atoms with Crippen LogP contribution in [0.3, 0.4) is 0 Å². The van der Waals surface area contributed by atoms with Gasteiger partial charge in [-0.1, -0.05) is 42.5 Å². The monoisotopic (exact) mass is 615 g/mol. The van der Waals surface area contributed by atoms with Crippen LogP contribution in [-0.2, 0) is 16.0 Å². The fraction of sp³-hybridized carbons (Fsp3) is 0.394. The molecule has 2 fully saturated rings. The van der Waals surface area contributed by atoms with Crippen molar-refractivity contribution in [1.29, 1.82) is 0 Å². The number of benzene rings is 2. The van der Waals surface area contributed by atoms with Crippen LogP contribution in [0.5, 0.6) is 5.88 Å². The van der Waals surface area contributed by atoms with Crippen molar-refractivity contribution in [2.75, 3.05) is 32.8 Å². The lowest BCUT2D eigenvalue weighted by Crippen LogP contribution is -2.56. The quantitative estimate of drug-likeness (QED) is 0.347. The van der Waals surface area contributed by atoms with E-state index >= 15 is 0 Å². The molecule has 2 heterocycles. The van der Waals surface area contributed by atoms with Crippen molar-refractivity contribution >= 4 is 23.9 Å². The van der Waals surface area contributed by atoms with Gasteiger partial charge in [0.1, 0.15) is 17.8 Å². The molecule has 1 aliphatic carbocycles. The number of carbonyl (C=O) groups excluding carboxylic acids is 3. The van der Waals surface area contributed by atoms with Gasteiger partial charge >= 0.3 is 12.1 Å². The first kappa shape index (κ1) is 31.4. The van der Waals surface area contributed by atoms with E-state index in [0.29, 0.717) is 35.9 Å². The summed E-state index contributed by atoms with van der Waals surface area (Å²) in [6.07, 6.45) is 3.65. The van der Waals surface area contributed by atoms with Crippen molar-refractivity contribution in [3.05, 3.63) is 77.5 Å². The Balaban J connectivity index is 1.39. The van der Waals surface area contributed by atoms with Crippen molar-refractivity contribution < 1.29 is 33.8 Å². The summed E-state index contributed by atoms with van der Waals surface area (Å²) >= 11 is 0. The Morgan fingerprint density at radius 2 is 1.60 bits per heavy atom. The fourth-order valence-corrected chi connectivity index (χ4v) is 5.49. The van der Waals surface area contributed by atoms with Crippen molar-refractivity contribution in [3.8, 4) is 17.3 Å². The molecule has 12 heteroatoms. The summed E-state index contributed by atoms with van der Waals surface area (Å²) in [6, 6.07) is 16.0. The number of rotatable bonds is 10. The van der Waals surface area contributed by atoms with Crippen LogP contribution in [0.2, 0.25) is 0 Å². The molecule has 3 amide bonds. The maximum Gasteiger partial charge on any atom is 0.409 e. The highest BCUT2D eigenvalue weighted by Crippen LogP contribution is 2.25. The number of amides is 3. The van der Waals surface area contributed by atoms with Crippen LogP contribution in [0.1, 0.15) is 59.0 Å². The molecular weight excluding hydrogens is 578 g/mol. The Hall–Kier alpha value is -5.00. The molecular formula is C33H37N5O7. The number of hydrogen-bond donors (Lipinski definition) is 2. The minimum Gasteiger partial charge on any atom is -0.478 e. The van der Waals surface area contributed by atoms with Gasteiger partial charge in [0.25, 0.3) is 5.91 Å². The second-order valence-electron chi connectivity index (χ2n) is 11.0. The van der Waals surface area contributed by atoms with E-state index in [1.165, 1.54) is 18.2 Å². The van der Waals surface area contributed by atoms with E-state index in [-0.39, 0.29) is 49.4 Å². The van der Waals surface area contributed by atoms with Gasteiger partial charge in [0, 0.05) is 44.2 Å². The number of piperazine rings is 1. The van der Waals surface area contributed by atoms with Crippen LogP contribution >= 0.6 is 0 Å². The number of carbonyl (C=O) groups is 4. The minimum atomic E-state index is -1.06. The summed E-state index contributed by atoms with van der Waals surface area (Å²) in [7, 11) is 0. The molecule has 0 bridgehead atoms. The molecule has 1 aliphatic heterocycles. The minimum absolute atomic E-state index is 0.0100. The van der Waals surface area contributed by atoms with E-state index < -0.39 is 24.0 Å². The standard InChI is InChI=1S/C33H37N5O7/c1-2-44-33(43)38-18-16-37(17-19-38)31(40)27(20-22-12-14-24(15-13-22)32(41)42)35-30(39)26-21-28(45-25-10-6-7-11-25)36-29(34-26)23-8-4-3-5-9-23/h3-5,8-9,12-15,21,25,27H,2,6-7,10-11,16-20H2,1H3,(H,35,39)(H,41,42)/t27-/m0/s1. The average molecular weight is 616 g/mol. The molecule has 1 aromatic heterocycles. The van der Waals surface area contributed by atoms with Gasteiger partial charge in [-0.2, -0.15) is 4.98 Å². The summed E-state index contributed by atoms with van der Waals surface area (Å²) in [5, 5.41) is 12.2. The van der Waals surface area contributed by atoms with Gasteiger partial charge in [-0.15, -0.1) is 0 Å². The van der Waals surface area contributed by atoms with Crippen molar-refractivity contribution in [1.82, 2.24) is 25.1 Å². The number of carboxylic acids is 1. The number of aromatic nitrogens is 2. The number of nitrogens with zero attached hydrogens (tertiary/aromatic N) is 4. The van der Waals surface area contributed by atoms with E-state index in [1.807, 2.05) is 30.3 Å². The van der Waals surface area contributed by atoms with Gasteiger partial charge in [-0.25, -0.2) is 14.6 Å². The molecule has 0 radical (unpaired) electrons. The Kier molecular flexibility index (Phi) is 10.2. The molecule has 1 saturated heterocycles. The first-order valence-corrected chi connectivity index (χ1v) is 15.3. The fourth-order valence-electron chi connectivity index (χ4n) is 5.49. The third kappa shape index (κ3) is 8.14. The smallest absolute Gasteiger partial charge is 0.409 e. The number of hydrogen-bond acceptors (Lipinski definition) is 8. The first-order chi connectivity index (χ1) is 21.8. The van der Waals surface area contributed by atoms with Gasteiger partial charge in [0.2, 0.25) is 11.8 Å². The van der Waals surface area contributed by atoms with E-state index in [9.17, 15) is 24.3 Å². The van der Waals surface area contributed by atoms with Crippen LogP contribution < -0.4 is 10.1 Å². The van der Waals surface area contributed by atoms with Crippen LogP contribution in [0.4, 0.5) is 4.79 Å². The van der Waals surface area contributed by atoms with Gasteiger partial charge in [0.15, 0.2) is 5.82 Å². The molecule has 1 saturated carbocycles. The lowest BCUT2D eigenvalue weighted by Gasteiger charge is -2.36. The summed E-state index contributed by atoms with van der Waals surface area (Å²) in [4.78, 5) is 63.4. The second kappa shape index (κ2) is 14.7. The molecule has 0 spiro atoms. The maximum atomic E-state index is 13.9. The molecule has 12 nitrogen and oxygen atoms in total. The third-order valence-corrected chi connectivity index (χ3v) is 7.92. The summed E-state index contributed by atoms with van der Waals surface area (Å²) in [5.41, 5.74) is 1.56. The van der Waals surface area contributed by atoms with Crippen molar-refractivity contribution in [2.45, 2.75) is 51.2 Å². The highest BCUT2D eigenvalue weighted by Gasteiger charge is 2.31. The Morgan fingerprint density at radius 1 is 0.933 bits per heavy atom. The molecule has 2 N–H and O–H groups in total. The van der Waals surface area contributed by atoms with Crippen molar-refractivity contribution in [3.63, 3.8) is 0 Å². The zero-order valence-electron chi connectivity index (χ0n) is 25.2. The molecule has 2 aromatic carbocycles. The van der Waals surface area contributed by atoms with Crippen LogP contribution in [0, 0.1) is 0 Å². The molecule has 2 aliphatic rings. The lowest BCUT2D eigenvalue weighted by molar-refractivity contribution is -0.134. The third-order valence-electron chi connectivity index (χ3n) is 7.92. The van der Waals surface area contributed by atoms with E-state index in [2.05, 4.69) is 15.3 Å². The molecule has 0 unspecified atom stereocenters. The van der Waals surface area contributed by atoms with Gasteiger partial charge in [-0.05, 0) is 50.3 Å². The largest absolute Gasteiger partial charge is 0.478 e. The molecule has 5 rings (SSSR count). The van der Waals surface area contributed by atoms with Crippen LogP contribution in [0.25, 0.3) is 11.4 Å². The number of aromatic carboxylic acids is 1. The van der Waals surface area contributed by atoms with Gasteiger partial charge < -0.3 is 29.7 Å². The zero-order chi connectivity index (χ0) is 31.8.